The molecule has 0 aliphatic heterocycles. The molecule has 0 fully saturated rings. The molecule has 238 valence electrons. The number of benzene rings is 7. The maximum atomic E-state index is 6.83. The van der Waals surface area contributed by atoms with E-state index >= 15 is 0 Å². The van der Waals surface area contributed by atoms with Crippen LogP contribution in [0.2, 0.25) is 0 Å². The summed E-state index contributed by atoms with van der Waals surface area (Å²) in [7, 11) is 0. The molecule has 4 heterocycles. The highest BCUT2D eigenvalue weighted by Crippen LogP contribution is 2.41. The van der Waals surface area contributed by atoms with Crippen LogP contribution in [-0.2, 0) is 0 Å². The van der Waals surface area contributed by atoms with Gasteiger partial charge in [0.05, 0.1) is 27.6 Å². The number of furan rings is 1. The summed E-state index contributed by atoms with van der Waals surface area (Å²) in [5.74, 6) is 1.70. The van der Waals surface area contributed by atoms with Crippen LogP contribution in [0.25, 0.3) is 100.0 Å². The Morgan fingerprint density at radius 1 is 0.392 bits per heavy atom. The second-order valence-corrected chi connectivity index (χ2v) is 12.9. The monoisotopic (exact) mass is 653 g/mol. The molecule has 6 nitrogen and oxygen atoms in total. The molecule has 0 spiro atoms. The Balaban J connectivity index is 1.19. The maximum absolute atomic E-state index is 6.83. The van der Waals surface area contributed by atoms with Gasteiger partial charge in [0.25, 0.3) is 0 Å². The van der Waals surface area contributed by atoms with E-state index in [1.165, 1.54) is 10.8 Å². The van der Waals surface area contributed by atoms with Crippen LogP contribution < -0.4 is 0 Å². The Hall–Kier alpha value is -7.05. The van der Waals surface area contributed by atoms with Crippen LogP contribution in [0.5, 0.6) is 0 Å². The number of hydrogen-bond acceptors (Lipinski definition) is 4. The second-order valence-electron chi connectivity index (χ2n) is 12.9. The lowest BCUT2D eigenvalue weighted by Crippen LogP contribution is -2.06. The van der Waals surface area contributed by atoms with Crippen molar-refractivity contribution in [1.29, 1.82) is 0 Å². The van der Waals surface area contributed by atoms with Crippen molar-refractivity contribution in [3.63, 3.8) is 0 Å². The number of rotatable bonds is 4. The number of aromatic nitrogens is 5. The van der Waals surface area contributed by atoms with Crippen molar-refractivity contribution in [2.24, 2.45) is 0 Å². The van der Waals surface area contributed by atoms with Gasteiger partial charge in [-0.25, -0.2) is 4.98 Å². The Labute approximate surface area is 291 Å². The summed E-state index contributed by atoms with van der Waals surface area (Å²) in [6.07, 6.45) is 0. The fraction of sp³-hybridized carbons (Fsp3) is 0. The molecule has 0 saturated carbocycles. The Kier molecular flexibility index (Phi) is 5.86. The minimum absolute atomic E-state index is 0.550. The van der Waals surface area contributed by atoms with Crippen LogP contribution in [-0.4, -0.2) is 24.1 Å². The van der Waals surface area contributed by atoms with Crippen molar-refractivity contribution in [1.82, 2.24) is 24.1 Å². The van der Waals surface area contributed by atoms with Gasteiger partial charge in [-0.2, -0.15) is 9.97 Å². The SMILES string of the molecule is c1ccc(-c2nc(-c3cccc4c3oc3cc5c(cc34)c3ccccc3n5-c3ccccc3)nc(-n3c4ccccc4c4ccccc43)n2)cc1. The highest BCUT2D eigenvalue weighted by Gasteiger charge is 2.21. The van der Waals surface area contributed by atoms with Crippen LogP contribution in [0.15, 0.2) is 168 Å². The zero-order valence-corrected chi connectivity index (χ0v) is 27.2. The number of fused-ring (bicyclic) bond motifs is 9. The number of para-hydroxylation sites is 5. The van der Waals surface area contributed by atoms with Crippen LogP contribution in [0.1, 0.15) is 0 Å². The Morgan fingerprint density at radius 2 is 0.961 bits per heavy atom. The molecule has 0 aliphatic carbocycles. The van der Waals surface area contributed by atoms with Gasteiger partial charge in [0, 0.05) is 49.6 Å². The standard InChI is InChI=1S/C45H27N5O/c1-3-14-28(15-4-1)43-46-44(48-45(47-43)50-38-24-11-7-18-30(38)31-19-8-12-25-39(31)50)34-22-13-21-33-36-26-35-32-20-9-10-23-37(32)49(29-16-5-2-6-17-29)40(35)27-41(36)51-42(33)34/h1-27H. The van der Waals surface area contributed by atoms with Gasteiger partial charge in [0.2, 0.25) is 5.95 Å². The van der Waals surface area contributed by atoms with Crippen LogP contribution in [0.4, 0.5) is 0 Å². The van der Waals surface area contributed by atoms with Gasteiger partial charge in [-0.1, -0.05) is 115 Å². The first-order valence-electron chi connectivity index (χ1n) is 17.0. The number of hydrogen-bond donors (Lipinski definition) is 0. The summed E-state index contributed by atoms with van der Waals surface area (Å²) in [5.41, 5.74) is 8.71. The molecule has 0 saturated heterocycles. The van der Waals surface area contributed by atoms with E-state index in [0.717, 1.165) is 71.6 Å². The summed E-state index contributed by atoms with van der Waals surface area (Å²) >= 11 is 0. The summed E-state index contributed by atoms with van der Waals surface area (Å²) in [6.45, 7) is 0. The summed E-state index contributed by atoms with van der Waals surface area (Å²) in [6, 6.07) is 56.7. The highest BCUT2D eigenvalue weighted by molar-refractivity contribution is 6.18. The van der Waals surface area contributed by atoms with Gasteiger partial charge in [0.15, 0.2) is 11.6 Å². The van der Waals surface area contributed by atoms with E-state index in [9.17, 15) is 0 Å². The molecule has 0 radical (unpaired) electrons. The van der Waals surface area contributed by atoms with Crippen molar-refractivity contribution in [3.05, 3.63) is 164 Å². The Bertz CT molecular complexity index is 3080. The molecule has 0 atom stereocenters. The van der Waals surface area contributed by atoms with E-state index in [4.69, 9.17) is 19.4 Å². The van der Waals surface area contributed by atoms with Gasteiger partial charge in [0.1, 0.15) is 11.2 Å². The first kappa shape index (κ1) is 27.9. The lowest BCUT2D eigenvalue weighted by molar-refractivity contribution is 0.670. The zero-order chi connectivity index (χ0) is 33.5. The van der Waals surface area contributed by atoms with E-state index in [0.29, 0.717) is 17.6 Å². The first-order valence-corrected chi connectivity index (χ1v) is 17.0. The molecule has 11 aromatic rings. The van der Waals surface area contributed by atoms with Gasteiger partial charge in [-0.15, -0.1) is 0 Å². The topological polar surface area (TPSA) is 61.7 Å². The van der Waals surface area contributed by atoms with Gasteiger partial charge >= 0.3 is 0 Å². The molecule has 0 amide bonds. The molecule has 0 N–H and O–H groups in total. The number of nitrogens with zero attached hydrogens (tertiary/aromatic N) is 5. The Morgan fingerprint density at radius 3 is 1.67 bits per heavy atom. The third-order valence-corrected chi connectivity index (χ3v) is 9.98. The summed E-state index contributed by atoms with van der Waals surface area (Å²) in [5, 5.41) is 6.74. The maximum Gasteiger partial charge on any atom is 0.238 e. The van der Waals surface area contributed by atoms with E-state index in [2.05, 4.69) is 130 Å². The van der Waals surface area contributed by atoms with Crippen LogP contribution in [0, 0.1) is 0 Å². The van der Waals surface area contributed by atoms with Crippen molar-refractivity contribution in [2.45, 2.75) is 0 Å². The quantitative estimate of drug-likeness (QED) is 0.190. The molecule has 4 aromatic heterocycles. The second kappa shape index (κ2) is 10.7. The average molecular weight is 654 g/mol. The molecule has 11 rings (SSSR count). The fourth-order valence-corrected chi connectivity index (χ4v) is 7.73. The van der Waals surface area contributed by atoms with Gasteiger partial charge in [-0.3, -0.25) is 4.57 Å². The minimum atomic E-state index is 0.550. The average Bonchev–Trinajstić information content (AvgIpc) is 3.85. The van der Waals surface area contributed by atoms with Crippen molar-refractivity contribution in [2.75, 3.05) is 0 Å². The molecular formula is C45H27N5O. The lowest BCUT2D eigenvalue weighted by Gasteiger charge is -2.11. The fourth-order valence-electron chi connectivity index (χ4n) is 7.73. The first-order chi connectivity index (χ1) is 25.3. The van der Waals surface area contributed by atoms with Crippen molar-refractivity contribution in [3.8, 4) is 34.4 Å². The van der Waals surface area contributed by atoms with E-state index < -0.39 is 0 Å². The van der Waals surface area contributed by atoms with Crippen LogP contribution in [0.3, 0.4) is 0 Å². The summed E-state index contributed by atoms with van der Waals surface area (Å²) in [4.78, 5) is 15.4. The van der Waals surface area contributed by atoms with E-state index in [1.807, 2.05) is 42.5 Å². The lowest BCUT2D eigenvalue weighted by atomic mass is 10.1. The van der Waals surface area contributed by atoms with Crippen LogP contribution >= 0.6 is 0 Å². The molecule has 0 aliphatic rings. The van der Waals surface area contributed by atoms with Crippen molar-refractivity contribution >= 4 is 65.6 Å². The molecule has 7 aromatic carbocycles. The smallest absolute Gasteiger partial charge is 0.238 e. The largest absolute Gasteiger partial charge is 0.455 e. The molecular weight excluding hydrogens is 627 g/mol. The summed E-state index contributed by atoms with van der Waals surface area (Å²) < 4.78 is 11.3. The van der Waals surface area contributed by atoms with Gasteiger partial charge in [-0.05, 0) is 42.5 Å². The van der Waals surface area contributed by atoms with Gasteiger partial charge < -0.3 is 8.98 Å². The molecule has 6 heteroatoms. The minimum Gasteiger partial charge on any atom is -0.455 e. The molecule has 51 heavy (non-hydrogen) atoms. The normalized spacial score (nSPS) is 11.9. The van der Waals surface area contributed by atoms with Crippen molar-refractivity contribution < 1.29 is 4.42 Å². The molecule has 0 bridgehead atoms. The third kappa shape index (κ3) is 4.14. The highest BCUT2D eigenvalue weighted by atomic mass is 16.3. The van der Waals surface area contributed by atoms with E-state index in [-0.39, 0.29) is 0 Å². The van der Waals surface area contributed by atoms with E-state index in [1.54, 1.807) is 0 Å². The third-order valence-electron chi connectivity index (χ3n) is 9.98. The predicted molar refractivity (Wildman–Crippen MR) is 207 cm³/mol. The predicted octanol–water partition coefficient (Wildman–Crippen LogP) is 11.3. The zero-order valence-electron chi connectivity index (χ0n) is 27.2. The molecule has 0 unspecified atom stereocenters.